The van der Waals surface area contributed by atoms with E-state index in [0.717, 1.165) is 12.0 Å². The first-order chi connectivity index (χ1) is 7.63. The normalized spacial score (nSPS) is 12.2. The van der Waals surface area contributed by atoms with Crippen molar-refractivity contribution in [1.82, 2.24) is 0 Å². The van der Waals surface area contributed by atoms with Gasteiger partial charge in [-0.1, -0.05) is 43.2 Å². The van der Waals surface area contributed by atoms with Crippen molar-refractivity contribution >= 4 is 0 Å². The number of nitrogens with zero attached hydrogens (tertiary/aromatic N) is 3. The fraction of sp³-hybridized carbons (Fsp3) is 0.500. The number of benzene rings is 1. The zero-order valence-electron chi connectivity index (χ0n) is 9.67. The molecule has 0 saturated carbocycles. The van der Waals surface area contributed by atoms with Crippen molar-refractivity contribution < 1.29 is 5.11 Å². The molecule has 1 N–H and O–H groups in total. The van der Waals surface area contributed by atoms with Gasteiger partial charge in [-0.15, -0.1) is 0 Å². The molecule has 1 atom stereocenters. The highest BCUT2D eigenvalue weighted by atomic mass is 16.3. The van der Waals surface area contributed by atoms with Crippen LogP contribution in [0.25, 0.3) is 10.4 Å². The van der Waals surface area contributed by atoms with E-state index in [4.69, 9.17) is 5.53 Å². The molecule has 0 aliphatic rings. The summed E-state index contributed by atoms with van der Waals surface area (Å²) in [6.07, 6.45) is 0.330. The van der Waals surface area contributed by atoms with Crippen LogP contribution in [0.3, 0.4) is 0 Å². The van der Waals surface area contributed by atoms with Crippen molar-refractivity contribution in [2.45, 2.75) is 26.4 Å². The Labute approximate surface area is 95.5 Å². The molecule has 0 aliphatic heterocycles. The predicted octanol–water partition coefficient (Wildman–Crippen LogP) is 3.23. The summed E-state index contributed by atoms with van der Waals surface area (Å²) in [6.45, 7) is 4.43. The molecule has 0 amide bonds. The van der Waals surface area contributed by atoms with Crippen molar-refractivity contribution in [1.29, 1.82) is 0 Å². The van der Waals surface area contributed by atoms with Crippen LogP contribution in [0.15, 0.2) is 29.4 Å². The standard InChI is InChI=1S/C12H17N3O/c1-9(2)7-10-3-5-11(6-4-10)12(16)8-14-15-13/h3-6,9,12,16H,7-8H2,1-2H3. The maximum Gasteiger partial charge on any atom is 0.0846 e. The highest BCUT2D eigenvalue weighted by Gasteiger charge is 2.06. The zero-order valence-corrected chi connectivity index (χ0v) is 9.67. The monoisotopic (exact) mass is 219 g/mol. The number of hydrogen-bond donors (Lipinski definition) is 1. The van der Waals surface area contributed by atoms with E-state index < -0.39 is 6.10 Å². The summed E-state index contributed by atoms with van der Waals surface area (Å²) < 4.78 is 0. The molecule has 1 unspecified atom stereocenters. The summed E-state index contributed by atoms with van der Waals surface area (Å²) >= 11 is 0. The van der Waals surface area contributed by atoms with E-state index in [-0.39, 0.29) is 6.54 Å². The number of aliphatic hydroxyl groups is 1. The van der Waals surface area contributed by atoms with Gasteiger partial charge in [0.1, 0.15) is 0 Å². The third kappa shape index (κ3) is 3.93. The smallest absolute Gasteiger partial charge is 0.0846 e. The van der Waals surface area contributed by atoms with E-state index in [1.165, 1.54) is 5.56 Å². The number of aliphatic hydroxyl groups excluding tert-OH is 1. The minimum Gasteiger partial charge on any atom is -0.388 e. The molecule has 1 aromatic rings. The van der Waals surface area contributed by atoms with Gasteiger partial charge >= 0.3 is 0 Å². The molecule has 86 valence electrons. The highest BCUT2D eigenvalue weighted by molar-refractivity contribution is 5.24. The van der Waals surface area contributed by atoms with Crippen molar-refractivity contribution in [3.63, 3.8) is 0 Å². The fourth-order valence-corrected chi connectivity index (χ4v) is 1.57. The van der Waals surface area contributed by atoms with E-state index in [1.807, 2.05) is 24.3 Å². The lowest BCUT2D eigenvalue weighted by atomic mass is 10.0. The highest BCUT2D eigenvalue weighted by Crippen LogP contribution is 2.16. The maximum atomic E-state index is 9.66. The minimum absolute atomic E-state index is 0.0834. The molecular weight excluding hydrogens is 202 g/mol. The summed E-state index contributed by atoms with van der Waals surface area (Å²) in [5.41, 5.74) is 10.2. The third-order valence-electron chi connectivity index (χ3n) is 2.33. The molecule has 4 heteroatoms. The zero-order chi connectivity index (χ0) is 12.0. The van der Waals surface area contributed by atoms with Gasteiger partial charge in [0, 0.05) is 4.91 Å². The predicted molar refractivity (Wildman–Crippen MR) is 64.0 cm³/mol. The molecule has 0 aliphatic carbocycles. The SMILES string of the molecule is CC(C)Cc1ccc(C(O)CN=[N+]=[N-])cc1. The first-order valence-corrected chi connectivity index (χ1v) is 5.41. The Morgan fingerprint density at radius 2 is 1.94 bits per heavy atom. The summed E-state index contributed by atoms with van der Waals surface area (Å²) in [5, 5.41) is 13.0. The van der Waals surface area contributed by atoms with Gasteiger partial charge in [-0.25, -0.2) is 0 Å². The van der Waals surface area contributed by atoms with Crippen molar-refractivity contribution in [2.75, 3.05) is 6.54 Å². The van der Waals surface area contributed by atoms with Gasteiger partial charge in [0.05, 0.1) is 12.6 Å². The Morgan fingerprint density at radius 3 is 2.44 bits per heavy atom. The molecular formula is C12H17N3O. The van der Waals surface area contributed by atoms with Crippen molar-refractivity contribution in [2.24, 2.45) is 11.0 Å². The van der Waals surface area contributed by atoms with Gasteiger partial charge in [0.15, 0.2) is 0 Å². The number of hydrogen-bond acceptors (Lipinski definition) is 2. The molecule has 0 heterocycles. The molecule has 0 fully saturated rings. The van der Waals surface area contributed by atoms with Crippen LogP contribution in [-0.4, -0.2) is 11.7 Å². The molecule has 1 rings (SSSR count). The topological polar surface area (TPSA) is 69.0 Å². The number of azide groups is 1. The lowest BCUT2D eigenvalue weighted by Gasteiger charge is -2.09. The number of rotatable bonds is 5. The Bertz CT molecular complexity index is 366. The van der Waals surface area contributed by atoms with Crippen LogP contribution >= 0.6 is 0 Å². The second kappa shape index (κ2) is 6.16. The second-order valence-electron chi connectivity index (χ2n) is 4.27. The van der Waals surface area contributed by atoms with Gasteiger partial charge in [-0.2, -0.15) is 0 Å². The molecule has 0 spiro atoms. The first-order valence-electron chi connectivity index (χ1n) is 5.41. The first kappa shape index (κ1) is 12.6. The van der Waals surface area contributed by atoms with Gasteiger partial charge < -0.3 is 5.11 Å². The summed E-state index contributed by atoms with van der Waals surface area (Å²) in [5.74, 6) is 0.624. The molecule has 0 aromatic heterocycles. The van der Waals surface area contributed by atoms with Gasteiger partial charge in [-0.3, -0.25) is 0 Å². The lowest BCUT2D eigenvalue weighted by Crippen LogP contribution is -2.01. The van der Waals surface area contributed by atoms with Crippen LogP contribution in [-0.2, 0) is 6.42 Å². The molecule has 1 aromatic carbocycles. The molecule has 0 saturated heterocycles. The minimum atomic E-state index is -0.705. The van der Waals surface area contributed by atoms with E-state index in [0.29, 0.717) is 5.92 Å². The Hall–Kier alpha value is -1.51. The third-order valence-corrected chi connectivity index (χ3v) is 2.33. The molecule has 4 nitrogen and oxygen atoms in total. The quantitative estimate of drug-likeness (QED) is 0.461. The van der Waals surface area contributed by atoms with Crippen LogP contribution in [0.2, 0.25) is 0 Å². The van der Waals surface area contributed by atoms with E-state index in [9.17, 15) is 5.11 Å². The molecule has 0 radical (unpaired) electrons. The van der Waals surface area contributed by atoms with Crippen LogP contribution < -0.4 is 0 Å². The second-order valence-corrected chi connectivity index (χ2v) is 4.27. The average Bonchev–Trinajstić information content (AvgIpc) is 2.26. The van der Waals surface area contributed by atoms with Crippen LogP contribution in [0.1, 0.15) is 31.1 Å². The summed E-state index contributed by atoms with van der Waals surface area (Å²) in [7, 11) is 0. The van der Waals surface area contributed by atoms with Crippen molar-refractivity contribution in [3.8, 4) is 0 Å². The Balaban J connectivity index is 2.66. The Morgan fingerprint density at radius 1 is 1.31 bits per heavy atom. The molecule has 16 heavy (non-hydrogen) atoms. The van der Waals surface area contributed by atoms with Crippen LogP contribution in [0.4, 0.5) is 0 Å². The lowest BCUT2D eigenvalue weighted by molar-refractivity contribution is 0.187. The van der Waals surface area contributed by atoms with Crippen LogP contribution in [0, 0.1) is 5.92 Å². The van der Waals surface area contributed by atoms with E-state index in [2.05, 4.69) is 23.9 Å². The fourth-order valence-electron chi connectivity index (χ4n) is 1.57. The van der Waals surface area contributed by atoms with Gasteiger partial charge in [0.25, 0.3) is 0 Å². The van der Waals surface area contributed by atoms with Gasteiger partial charge in [0.2, 0.25) is 0 Å². The molecule has 0 bridgehead atoms. The van der Waals surface area contributed by atoms with E-state index in [1.54, 1.807) is 0 Å². The maximum absolute atomic E-state index is 9.66. The largest absolute Gasteiger partial charge is 0.388 e. The Kier molecular flexibility index (Phi) is 4.83. The van der Waals surface area contributed by atoms with Crippen molar-refractivity contribution in [3.05, 3.63) is 45.8 Å². The van der Waals surface area contributed by atoms with Crippen LogP contribution in [0.5, 0.6) is 0 Å². The van der Waals surface area contributed by atoms with Gasteiger partial charge in [-0.05, 0) is 29.0 Å². The summed E-state index contributed by atoms with van der Waals surface area (Å²) in [6, 6.07) is 7.79. The van der Waals surface area contributed by atoms with E-state index >= 15 is 0 Å². The average molecular weight is 219 g/mol. The summed E-state index contributed by atoms with van der Waals surface area (Å²) in [4.78, 5) is 2.62.